The summed E-state index contributed by atoms with van der Waals surface area (Å²) in [5, 5.41) is 5.35. The van der Waals surface area contributed by atoms with Gasteiger partial charge in [0.05, 0.1) is 6.61 Å². The first-order valence-electron chi connectivity index (χ1n) is 7.99. The number of hydrogen-bond acceptors (Lipinski definition) is 3. The molecule has 0 spiro atoms. The predicted octanol–water partition coefficient (Wildman–Crippen LogP) is 3.54. The molecule has 1 N–H and O–H groups in total. The fourth-order valence-corrected chi connectivity index (χ4v) is 3.03. The van der Waals surface area contributed by atoms with Crippen LogP contribution in [0.15, 0.2) is 40.7 Å². The van der Waals surface area contributed by atoms with Gasteiger partial charge in [0.25, 0.3) is 0 Å². The average molecular weight is 349 g/mol. The smallest absolute Gasteiger partial charge is 0.193 e. The molecule has 0 unspecified atom stereocenters. The quantitative estimate of drug-likeness (QED) is 0.614. The van der Waals surface area contributed by atoms with Crippen LogP contribution in [-0.4, -0.2) is 38.1 Å². The van der Waals surface area contributed by atoms with Gasteiger partial charge in [-0.1, -0.05) is 12.1 Å². The summed E-state index contributed by atoms with van der Waals surface area (Å²) in [4.78, 5) is 7.72. The van der Waals surface area contributed by atoms with Crippen molar-refractivity contribution in [3.05, 3.63) is 52.0 Å². The number of benzene rings is 1. The minimum atomic E-state index is -0.336. The van der Waals surface area contributed by atoms with Crippen molar-refractivity contribution < 1.29 is 9.13 Å². The highest BCUT2D eigenvalue weighted by Crippen LogP contribution is 2.18. The average Bonchev–Trinajstić information content (AvgIpc) is 3.09. The van der Waals surface area contributed by atoms with Crippen LogP contribution >= 0.6 is 11.3 Å². The Hall–Kier alpha value is -2.08. The van der Waals surface area contributed by atoms with E-state index in [0.29, 0.717) is 18.9 Å². The minimum Gasteiger partial charge on any atom is -0.491 e. The van der Waals surface area contributed by atoms with E-state index in [-0.39, 0.29) is 5.82 Å². The van der Waals surface area contributed by atoms with Crippen LogP contribution in [-0.2, 0) is 13.0 Å². The van der Waals surface area contributed by atoms with Crippen molar-refractivity contribution in [2.45, 2.75) is 19.9 Å². The molecule has 2 aromatic rings. The summed E-state index contributed by atoms with van der Waals surface area (Å²) in [6, 6.07) is 9.22. The Morgan fingerprint density at radius 2 is 2.21 bits per heavy atom. The van der Waals surface area contributed by atoms with Gasteiger partial charge in [-0.2, -0.15) is 0 Å². The first kappa shape index (κ1) is 18.3. The third-order valence-corrected chi connectivity index (χ3v) is 4.53. The molecule has 0 saturated heterocycles. The third kappa shape index (κ3) is 5.23. The lowest BCUT2D eigenvalue weighted by molar-refractivity contribution is 0.321. The van der Waals surface area contributed by atoms with Gasteiger partial charge in [0, 0.05) is 32.1 Å². The second-order valence-corrected chi connectivity index (χ2v) is 6.38. The Morgan fingerprint density at radius 1 is 1.38 bits per heavy atom. The van der Waals surface area contributed by atoms with Crippen LogP contribution in [0.4, 0.5) is 4.39 Å². The molecule has 4 nitrogen and oxygen atoms in total. The summed E-state index contributed by atoms with van der Waals surface area (Å²) in [5.41, 5.74) is 0.851. The summed E-state index contributed by atoms with van der Waals surface area (Å²) in [5.74, 6) is 0.747. The van der Waals surface area contributed by atoms with E-state index in [0.717, 1.165) is 24.5 Å². The number of hydrogen-bond donors (Lipinski definition) is 1. The number of thiophene rings is 1. The van der Waals surface area contributed by atoms with Gasteiger partial charge < -0.3 is 15.0 Å². The number of guanidine groups is 1. The van der Waals surface area contributed by atoms with Crippen molar-refractivity contribution in [3.63, 3.8) is 0 Å². The van der Waals surface area contributed by atoms with Gasteiger partial charge >= 0.3 is 0 Å². The van der Waals surface area contributed by atoms with Gasteiger partial charge in [-0.15, -0.1) is 11.3 Å². The maximum atomic E-state index is 13.9. The van der Waals surface area contributed by atoms with E-state index >= 15 is 0 Å². The maximum absolute atomic E-state index is 13.9. The molecular weight excluding hydrogens is 325 g/mol. The number of nitrogens with zero attached hydrogens (tertiary/aromatic N) is 2. The van der Waals surface area contributed by atoms with Crippen molar-refractivity contribution in [2.75, 3.05) is 27.2 Å². The van der Waals surface area contributed by atoms with E-state index in [1.165, 1.54) is 10.9 Å². The fraction of sp³-hybridized carbons (Fsp3) is 0.389. The van der Waals surface area contributed by atoms with Crippen LogP contribution in [0.3, 0.4) is 0 Å². The molecule has 0 fully saturated rings. The molecule has 0 bridgehead atoms. The van der Waals surface area contributed by atoms with E-state index in [1.54, 1.807) is 24.5 Å². The number of aliphatic imine (C=N–C) groups is 1. The highest BCUT2D eigenvalue weighted by Gasteiger charge is 2.08. The molecule has 0 amide bonds. The van der Waals surface area contributed by atoms with Gasteiger partial charge in [0.2, 0.25) is 0 Å². The normalized spacial score (nSPS) is 11.4. The number of nitrogens with one attached hydrogen (secondary N) is 1. The van der Waals surface area contributed by atoms with Gasteiger partial charge in [-0.3, -0.25) is 4.99 Å². The van der Waals surface area contributed by atoms with Gasteiger partial charge in [0.1, 0.15) is 0 Å². The van der Waals surface area contributed by atoms with Crippen LogP contribution in [0, 0.1) is 5.82 Å². The van der Waals surface area contributed by atoms with E-state index in [4.69, 9.17) is 4.74 Å². The SMILES string of the molecule is CCOc1ccc(CNC(=NC)N(C)CCc2cccs2)cc1F. The largest absolute Gasteiger partial charge is 0.491 e. The summed E-state index contributed by atoms with van der Waals surface area (Å²) < 4.78 is 19.1. The van der Waals surface area contributed by atoms with Gasteiger partial charge in [-0.25, -0.2) is 4.39 Å². The Bertz CT molecular complexity index is 658. The Balaban J connectivity index is 1.87. The molecule has 1 heterocycles. The molecule has 0 radical (unpaired) electrons. The highest BCUT2D eigenvalue weighted by molar-refractivity contribution is 7.09. The molecule has 0 saturated carbocycles. The molecule has 6 heteroatoms. The number of ether oxygens (including phenoxy) is 1. The van der Waals surface area contributed by atoms with E-state index in [9.17, 15) is 4.39 Å². The van der Waals surface area contributed by atoms with Crippen molar-refractivity contribution in [1.29, 1.82) is 0 Å². The highest BCUT2D eigenvalue weighted by atomic mass is 32.1. The molecule has 1 aromatic carbocycles. The lowest BCUT2D eigenvalue weighted by Crippen LogP contribution is -2.39. The molecule has 2 rings (SSSR count). The molecule has 130 valence electrons. The summed E-state index contributed by atoms with van der Waals surface area (Å²) in [6.07, 6.45) is 0.979. The van der Waals surface area contributed by atoms with Crippen LogP contribution in [0.1, 0.15) is 17.4 Å². The minimum absolute atomic E-state index is 0.290. The zero-order chi connectivity index (χ0) is 17.4. The standard InChI is InChI=1S/C18H24FN3OS/c1-4-23-17-8-7-14(12-16(17)19)13-21-18(20-2)22(3)10-9-15-6-5-11-24-15/h5-8,11-12H,4,9-10,13H2,1-3H3,(H,20,21). The second kappa shape index (κ2) is 9.27. The van der Waals surface area contributed by atoms with Crippen LogP contribution in [0.5, 0.6) is 5.75 Å². The Labute approximate surface area is 147 Å². The molecule has 0 atom stereocenters. The molecule has 24 heavy (non-hydrogen) atoms. The van der Waals surface area contributed by atoms with E-state index in [2.05, 4.69) is 32.7 Å². The first-order chi connectivity index (χ1) is 11.6. The molecular formula is C18H24FN3OS. The lowest BCUT2D eigenvalue weighted by atomic mass is 10.2. The van der Waals surface area contributed by atoms with Crippen LogP contribution in [0.25, 0.3) is 0 Å². The maximum Gasteiger partial charge on any atom is 0.193 e. The molecule has 0 aliphatic rings. The zero-order valence-electron chi connectivity index (χ0n) is 14.4. The van der Waals surface area contributed by atoms with Crippen LogP contribution in [0.2, 0.25) is 0 Å². The summed E-state index contributed by atoms with van der Waals surface area (Å²) in [7, 11) is 3.75. The van der Waals surface area contributed by atoms with E-state index in [1.807, 2.05) is 20.0 Å². The zero-order valence-corrected chi connectivity index (χ0v) is 15.2. The molecule has 1 aromatic heterocycles. The number of rotatable bonds is 7. The second-order valence-electron chi connectivity index (χ2n) is 5.35. The molecule has 0 aliphatic carbocycles. The van der Waals surface area contributed by atoms with Crippen molar-refractivity contribution in [2.24, 2.45) is 4.99 Å². The Kier molecular flexibility index (Phi) is 7.06. The van der Waals surface area contributed by atoms with Gasteiger partial charge in [-0.05, 0) is 42.5 Å². The molecule has 0 aliphatic heterocycles. The van der Waals surface area contributed by atoms with Crippen molar-refractivity contribution >= 4 is 17.3 Å². The van der Waals surface area contributed by atoms with Crippen molar-refractivity contribution in [1.82, 2.24) is 10.2 Å². The lowest BCUT2D eigenvalue weighted by Gasteiger charge is -2.22. The predicted molar refractivity (Wildman–Crippen MR) is 98.4 cm³/mol. The monoisotopic (exact) mass is 349 g/mol. The fourth-order valence-electron chi connectivity index (χ4n) is 2.33. The third-order valence-electron chi connectivity index (χ3n) is 3.59. The topological polar surface area (TPSA) is 36.9 Å². The number of halogens is 1. The van der Waals surface area contributed by atoms with Gasteiger partial charge in [0.15, 0.2) is 17.5 Å². The summed E-state index contributed by atoms with van der Waals surface area (Å²) in [6.45, 7) is 3.68. The van der Waals surface area contributed by atoms with Crippen molar-refractivity contribution in [3.8, 4) is 5.75 Å². The Morgan fingerprint density at radius 3 is 2.83 bits per heavy atom. The first-order valence-corrected chi connectivity index (χ1v) is 8.87. The van der Waals surface area contributed by atoms with E-state index < -0.39 is 0 Å². The summed E-state index contributed by atoms with van der Waals surface area (Å²) >= 11 is 1.76. The van der Waals surface area contributed by atoms with Crippen LogP contribution < -0.4 is 10.1 Å². The number of likely N-dealkylation sites (N-methyl/N-ethyl adjacent to an activating group) is 1.